The zero-order chi connectivity index (χ0) is 15.1. The molecule has 1 aromatic heterocycles. The van der Waals surface area contributed by atoms with Crippen molar-refractivity contribution < 1.29 is 9.59 Å². The first kappa shape index (κ1) is 15.3. The Morgan fingerprint density at radius 1 is 1.05 bits per heavy atom. The molecule has 0 atom stereocenters. The van der Waals surface area contributed by atoms with Crippen molar-refractivity contribution >= 4 is 34.5 Å². The van der Waals surface area contributed by atoms with Crippen molar-refractivity contribution in [3.63, 3.8) is 0 Å². The molecule has 5 heteroatoms. The maximum absolute atomic E-state index is 11.9. The Labute approximate surface area is 128 Å². The average Bonchev–Trinajstić information content (AvgIpc) is 3.01. The number of benzene rings is 1. The molecule has 2 amide bonds. The molecule has 0 spiro atoms. The molecule has 1 heterocycles. The van der Waals surface area contributed by atoms with Crippen LogP contribution in [0.2, 0.25) is 0 Å². The van der Waals surface area contributed by atoms with Gasteiger partial charge in [-0.15, -0.1) is 11.3 Å². The van der Waals surface area contributed by atoms with Gasteiger partial charge in [0.15, 0.2) is 0 Å². The van der Waals surface area contributed by atoms with Gasteiger partial charge in [-0.1, -0.05) is 19.4 Å². The van der Waals surface area contributed by atoms with E-state index in [1.807, 2.05) is 11.4 Å². The molecule has 21 heavy (non-hydrogen) atoms. The minimum atomic E-state index is -0.121. The smallest absolute Gasteiger partial charge is 0.265 e. The molecule has 0 saturated heterocycles. The van der Waals surface area contributed by atoms with Gasteiger partial charge in [-0.3, -0.25) is 9.59 Å². The van der Waals surface area contributed by atoms with Crippen molar-refractivity contribution in [2.45, 2.75) is 26.2 Å². The van der Waals surface area contributed by atoms with Gasteiger partial charge in [0.1, 0.15) is 0 Å². The number of hydrogen-bond acceptors (Lipinski definition) is 3. The number of carbonyl (C=O) groups is 2. The molecule has 0 fully saturated rings. The van der Waals surface area contributed by atoms with Crippen LogP contribution in [0.1, 0.15) is 35.9 Å². The van der Waals surface area contributed by atoms with Gasteiger partial charge in [0.25, 0.3) is 5.91 Å². The standard InChI is InChI=1S/C16H18N2O2S/c1-2-3-6-15(19)17-12-7-9-13(10-8-12)18-16(20)14-5-4-11-21-14/h4-5,7-11H,2-3,6H2,1H3,(H,17,19)(H,18,20). The van der Waals surface area contributed by atoms with Crippen molar-refractivity contribution in [3.05, 3.63) is 46.7 Å². The zero-order valence-corrected chi connectivity index (χ0v) is 12.7. The summed E-state index contributed by atoms with van der Waals surface area (Å²) in [6.07, 6.45) is 2.43. The maximum atomic E-state index is 11.9. The first-order chi connectivity index (χ1) is 10.2. The zero-order valence-electron chi connectivity index (χ0n) is 11.9. The first-order valence-corrected chi connectivity index (χ1v) is 7.82. The van der Waals surface area contributed by atoms with Gasteiger partial charge in [0.2, 0.25) is 5.91 Å². The minimum Gasteiger partial charge on any atom is -0.326 e. The molecule has 110 valence electrons. The van der Waals surface area contributed by atoms with E-state index in [0.29, 0.717) is 17.0 Å². The summed E-state index contributed by atoms with van der Waals surface area (Å²) < 4.78 is 0. The fourth-order valence-electron chi connectivity index (χ4n) is 1.80. The van der Waals surface area contributed by atoms with Crippen LogP contribution >= 0.6 is 11.3 Å². The summed E-state index contributed by atoms with van der Waals surface area (Å²) in [6.45, 7) is 2.05. The molecule has 0 unspecified atom stereocenters. The Balaban J connectivity index is 1.90. The van der Waals surface area contributed by atoms with Gasteiger partial charge in [-0.2, -0.15) is 0 Å². The number of carbonyl (C=O) groups excluding carboxylic acids is 2. The molecule has 0 radical (unpaired) electrons. The van der Waals surface area contributed by atoms with Crippen LogP contribution < -0.4 is 10.6 Å². The van der Waals surface area contributed by atoms with Crippen LogP contribution in [0, 0.1) is 0 Å². The van der Waals surface area contributed by atoms with Crippen LogP contribution in [0.5, 0.6) is 0 Å². The Bertz CT molecular complexity index is 591. The Kier molecular flexibility index (Phi) is 5.51. The summed E-state index contributed by atoms with van der Waals surface area (Å²) in [4.78, 5) is 24.2. The van der Waals surface area contributed by atoms with Gasteiger partial charge >= 0.3 is 0 Å². The average molecular weight is 302 g/mol. The molecule has 1 aromatic carbocycles. The predicted molar refractivity (Wildman–Crippen MR) is 86.9 cm³/mol. The molecule has 0 aliphatic heterocycles. The third-order valence-corrected chi connectivity index (χ3v) is 3.80. The second kappa shape index (κ2) is 7.59. The quantitative estimate of drug-likeness (QED) is 0.843. The summed E-state index contributed by atoms with van der Waals surface area (Å²) >= 11 is 1.40. The Morgan fingerprint density at radius 3 is 2.29 bits per heavy atom. The minimum absolute atomic E-state index is 0.0206. The number of rotatable bonds is 6. The summed E-state index contributed by atoms with van der Waals surface area (Å²) in [5, 5.41) is 7.52. The van der Waals surface area contributed by atoms with Crippen molar-refractivity contribution in [3.8, 4) is 0 Å². The van der Waals surface area contributed by atoms with Crippen LogP contribution in [0.25, 0.3) is 0 Å². The SMILES string of the molecule is CCCCC(=O)Nc1ccc(NC(=O)c2cccs2)cc1. The van der Waals surface area contributed by atoms with E-state index in [1.54, 1.807) is 30.3 Å². The molecule has 2 aromatic rings. The third-order valence-electron chi connectivity index (χ3n) is 2.93. The molecular formula is C16H18N2O2S. The fourth-order valence-corrected chi connectivity index (χ4v) is 2.42. The molecule has 2 N–H and O–H groups in total. The van der Waals surface area contributed by atoms with Gasteiger partial charge < -0.3 is 10.6 Å². The lowest BCUT2D eigenvalue weighted by atomic mass is 10.2. The van der Waals surface area contributed by atoms with E-state index in [0.717, 1.165) is 18.5 Å². The van der Waals surface area contributed by atoms with Crippen molar-refractivity contribution in [1.82, 2.24) is 0 Å². The predicted octanol–water partition coefficient (Wildman–Crippen LogP) is 4.13. The highest BCUT2D eigenvalue weighted by atomic mass is 32.1. The van der Waals surface area contributed by atoms with Gasteiger partial charge in [0, 0.05) is 17.8 Å². The molecular weight excluding hydrogens is 284 g/mol. The lowest BCUT2D eigenvalue weighted by molar-refractivity contribution is -0.116. The highest BCUT2D eigenvalue weighted by Crippen LogP contribution is 2.16. The summed E-state index contributed by atoms with van der Waals surface area (Å²) in [7, 11) is 0. The van der Waals surface area contributed by atoms with Gasteiger partial charge in [-0.25, -0.2) is 0 Å². The topological polar surface area (TPSA) is 58.2 Å². The molecule has 0 aliphatic carbocycles. The van der Waals surface area contributed by atoms with Crippen LogP contribution in [0.3, 0.4) is 0 Å². The summed E-state index contributed by atoms with van der Waals surface area (Å²) in [6, 6.07) is 10.8. The van der Waals surface area contributed by atoms with Crippen LogP contribution in [0.4, 0.5) is 11.4 Å². The molecule has 4 nitrogen and oxygen atoms in total. The highest BCUT2D eigenvalue weighted by Gasteiger charge is 2.07. The normalized spacial score (nSPS) is 10.1. The van der Waals surface area contributed by atoms with E-state index in [4.69, 9.17) is 0 Å². The third kappa shape index (κ3) is 4.72. The number of unbranched alkanes of at least 4 members (excludes halogenated alkanes) is 1. The van der Waals surface area contributed by atoms with Crippen molar-refractivity contribution in [2.75, 3.05) is 10.6 Å². The van der Waals surface area contributed by atoms with E-state index in [1.165, 1.54) is 11.3 Å². The van der Waals surface area contributed by atoms with E-state index in [-0.39, 0.29) is 11.8 Å². The number of anilines is 2. The highest BCUT2D eigenvalue weighted by molar-refractivity contribution is 7.12. The fraction of sp³-hybridized carbons (Fsp3) is 0.250. The maximum Gasteiger partial charge on any atom is 0.265 e. The van der Waals surface area contributed by atoms with Crippen LogP contribution in [-0.4, -0.2) is 11.8 Å². The van der Waals surface area contributed by atoms with Crippen LogP contribution in [-0.2, 0) is 4.79 Å². The van der Waals surface area contributed by atoms with E-state index in [2.05, 4.69) is 17.6 Å². The van der Waals surface area contributed by atoms with E-state index < -0.39 is 0 Å². The van der Waals surface area contributed by atoms with Crippen molar-refractivity contribution in [1.29, 1.82) is 0 Å². The monoisotopic (exact) mass is 302 g/mol. The second-order valence-corrected chi connectivity index (χ2v) is 5.61. The first-order valence-electron chi connectivity index (χ1n) is 6.94. The number of thiophene rings is 1. The van der Waals surface area contributed by atoms with Crippen molar-refractivity contribution in [2.24, 2.45) is 0 Å². The van der Waals surface area contributed by atoms with E-state index in [9.17, 15) is 9.59 Å². The van der Waals surface area contributed by atoms with E-state index >= 15 is 0 Å². The molecule has 0 bridgehead atoms. The Hall–Kier alpha value is -2.14. The Morgan fingerprint density at radius 2 is 1.71 bits per heavy atom. The number of hydrogen-bond donors (Lipinski definition) is 2. The number of nitrogens with one attached hydrogen (secondary N) is 2. The molecule has 0 aliphatic rings. The number of amides is 2. The van der Waals surface area contributed by atoms with Crippen LogP contribution in [0.15, 0.2) is 41.8 Å². The van der Waals surface area contributed by atoms with Gasteiger partial charge in [-0.05, 0) is 42.1 Å². The second-order valence-electron chi connectivity index (χ2n) is 4.66. The molecule has 0 saturated carbocycles. The lowest BCUT2D eigenvalue weighted by Gasteiger charge is -2.07. The summed E-state index contributed by atoms with van der Waals surface area (Å²) in [5.74, 6) is -0.100. The summed E-state index contributed by atoms with van der Waals surface area (Å²) in [5.41, 5.74) is 1.45. The lowest BCUT2D eigenvalue weighted by Crippen LogP contribution is -2.12. The van der Waals surface area contributed by atoms with Gasteiger partial charge in [0.05, 0.1) is 4.88 Å². The largest absolute Gasteiger partial charge is 0.326 e. The molecule has 2 rings (SSSR count).